The molecule has 0 atom stereocenters. The van der Waals surface area contributed by atoms with E-state index >= 15 is 0 Å². The van der Waals surface area contributed by atoms with E-state index in [9.17, 15) is 0 Å². The Morgan fingerprint density at radius 2 is 0.929 bits per heavy atom. The zero-order chi connectivity index (χ0) is 9.94. The molecule has 0 amide bonds. The topological polar surface area (TPSA) is 0 Å². The van der Waals surface area contributed by atoms with E-state index in [0.29, 0.717) is 0 Å². The standard InChI is InChI=1S/3C4H9.Cu.Sn/c3*1-3-4-2;;/h3*1,3-4H2,2H3;;. The molecule has 0 aromatic heterocycles. The van der Waals surface area contributed by atoms with Crippen LogP contribution in [0, 0.1) is 0 Å². The van der Waals surface area contributed by atoms with Gasteiger partial charge in [0.15, 0.2) is 0 Å². The molecular formula is C12H27CuSn. The molecule has 0 N–H and O–H groups in total. The van der Waals surface area contributed by atoms with Gasteiger partial charge in [-0.2, -0.15) is 0 Å². The third-order valence-corrected chi connectivity index (χ3v) is 11.7. The largest absolute Gasteiger partial charge is 0 e. The second kappa shape index (κ2) is 14.3. The van der Waals surface area contributed by atoms with Crippen molar-refractivity contribution in [2.24, 2.45) is 0 Å². The molecule has 90 valence electrons. The Labute approximate surface area is 109 Å². The molecule has 0 aromatic rings. The quantitative estimate of drug-likeness (QED) is 0.518. The monoisotopic (exact) mass is 354 g/mol. The first kappa shape index (κ1) is 17.7. The second-order valence-electron chi connectivity index (χ2n) is 4.06. The van der Waals surface area contributed by atoms with Crippen LogP contribution in [-0.2, 0) is 17.1 Å². The van der Waals surface area contributed by atoms with Crippen molar-refractivity contribution in [3.05, 3.63) is 0 Å². The van der Waals surface area contributed by atoms with Crippen LogP contribution in [0.15, 0.2) is 0 Å². The van der Waals surface area contributed by atoms with Gasteiger partial charge in [0.25, 0.3) is 0 Å². The van der Waals surface area contributed by atoms with Gasteiger partial charge in [0, 0.05) is 17.1 Å². The minimum atomic E-state index is -0.839. The summed E-state index contributed by atoms with van der Waals surface area (Å²) in [6.07, 6.45) is 8.85. The summed E-state index contributed by atoms with van der Waals surface area (Å²) in [7, 11) is 0. The van der Waals surface area contributed by atoms with E-state index in [1.54, 1.807) is 13.3 Å². The summed E-state index contributed by atoms with van der Waals surface area (Å²) in [6, 6.07) is 0. The first-order valence-electron chi connectivity index (χ1n) is 6.18. The second-order valence-corrected chi connectivity index (χ2v) is 12.6. The van der Waals surface area contributed by atoms with Crippen LogP contribution in [0.5, 0.6) is 0 Å². The van der Waals surface area contributed by atoms with Gasteiger partial charge in [0.2, 0.25) is 0 Å². The zero-order valence-electron chi connectivity index (χ0n) is 10.2. The van der Waals surface area contributed by atoms with Gasteiger partial charge in [0.05, 0.1) is 0 Å². The van der Waals surface area contributed by atoms with Crippen LogP contribution in [0.2, 0.25) is 13.3 Å². The van der Waals surface area contributed by atoms with Crippen LogP contribution in [0.25, 0.3) is 0 Å². The maximum absolute atomic E-state index is 2.33. The fraction of sp³-hybridized carbons (Fsp3) is 1.00. The molecule has 0 rings (SSSR count). The molecule has 0 bridgehead atoms. The van der Waals surface area contributed by atoms with E-state index in [4.69, 9.17) is 0 Å². The molecule has 2 radical (unpaired) electrons. The van der Waals surface area contributed by atoms with Crippen molar-refractivity contribution in [2.45, 2.75) is 72.6 Å². The van der Waals surface area contributed by atoms with E-state index in [-0.39, 0.29) is 17.1 Å². The van der Waals surface area contributed by atoms with Crippen LogP contribution >= 0.6 is 0 Å². The Kier molecular flexibility index (Phi) is 18.1. The van der Waals surface area contributed by atoms with Gasteiger partial charge >= 0.3 is 92.4 Å². The summed E-state index contributed by atoms with van der Waals surface area (Å²) < 4.78 is 5.04. The van der Waals surface area contributed by atoms with Crippen molar-refractivity contribution in [1.29, 1.82) is 0 Å². The van der Waals surface area contributed by atoms with Crippen LogP contribution < -0.4 is 0 Å². The third-order valence-electron chi connectivity index (χ3n) is 2.65. The predicted molar refractivity (Wildman–Crippen MR) is 64.9 cm³/mol. The maximum atomic E-state index is 2.33. The van der Waals surface area contributed by atoms with Gasteiger partial charge in [-0.05, 0) is 0 Å². The van der Waals surface area contributed by atoms with Gasteiger partial charge in [-0.15, -0.1) is 0 Å². The first-order chi connectivity index (χ1) is 6.35. The molecule has 0 saturated heterocycles. The summed E-state index contributed by atoms with van der Waals surface area (Å²) in [5.41, 5.74) is 0. The number of unbranched alkanes of at least 4 members (excludes halogenated alkanes) is 3. The molecule has 0 saturated carbocycles. The molecule has 0 fully saturated rings. The molecule has 0 heterocycles. The Bertz CT molecular complexity index is 77.3. The molecule has 0 aliphatic carbocycles. The van der Waals surface area contributed by atoms with Crippen LogP contribution in [0.4, 0.5) is 0 Å². The molecule has 0 aromatic carbocycles. The number of hydrogen-bond donors (Lipinski definition) is 0. The SMILES string of the molecule is CCC[CH2][Sn]([CH2]CCC)[CH2]CCC.[Cu]. The number of rotatable bonds is 9. The Hall–Kier alpha value is 1.32. The number of hydrogen-bond acceptors (Lipinski definition) is 0. The Morgan fingerprint density at radius 1 is 0.643 bits per heavy atom. The van der Waals surface area contributed by atoms with Gasteiger partial charge < -0.3 is 0 Å². The van der Waals surface area contributed by atoms with Crippen molar-refractivity contribution in [2.75, 3.05) is 0 Å². The zero-order valence-corrected chi connectivity index (χ0v) is 14.0. The smallest absolute Gasteiger partial charge is 0 e. The van der Waals surface area contributed by atoms with E-state index in [2.05, 4.69) is 20.8 Å². The summed E-state index contributed by atoms with van der Waals surface area (Å²) in [5, 5.41) is 0. The summed E-state index contributed by atoms with van der Waals surface area (Å²) >= 11 is -0.839. The minimum absolute atomic E-state index is 0. The molecule has 0 aliphatic rings. The molecule has 0 aliphatic heterocycles. The van der Waals surface area contributed by atoms with E-state index in [0.717, 1.165) is 0 Å². The van der Waals surface area contributed by atoms with Crippen LogP contribution in [0.1, 0.15) is 59.3 Å². The molecule has 14 heavy (non-hydrogen) atoms. The van der Waals surface area contributed by atoms with Crippen molar-refractivity contribution < 1.29 is 17.1 Å². The predicted octanol–water partition coefficient (Wildman–Crippen LogP) is 4.88. The molecule has 0 nitrogen and oxygen atoms in total. The molecular weight excluding hydrogens is 326 g/mol. The first-order valence-corrected chi connectivity index (χ1v) is 12.2. The summed E-state index contributed by atoms with van der Waals surface area (Å²) in [6.45, 7) is 7.00. The summed E-state index contributed by atoms with van der Waals surface area (Å²) in [4.78, 5) is 0. The van der Waals surface area contributed by atoms with Gasteiger partial charge in [-0.3, -0.25) is 0 Å². The Morgan fingerprint density at radius 3 is 1.14 bits per heavy atom. The van der Waals surface area contributed by atoms with Crippen LogP contribution in [0.3, 0.4) is 0 Å². The van der Waals surface area contributed by atoms with E-state index in [1.807, 2.05) is 0 Å². The van der Waals surface area contributed by atoms with Crippen molar-refractivity contribution in [3.8, 4) is 0 Å². The fourth-order valence-electron chi connectivity index (χ4n) is 1.66. The van der Waals surface area contributed by atoms with Gasteiger partial charge in [-0.25, -0.2) is 0 Å². The maximum Gasteiger partial charge on any atom is 0 e. The van der Waals surface area contributed by atoms with Crippen molar-refractivity contribution in [1.82, 2.24) is 0 Å². The normalized spacial score (nSPS) is 10.3. The van der Waals surface area contributed by atoms with Crippen LogP contribution in [-0.4, -0.2) is 19.8 Å². The fourth-order valence-corrected chi connectivity index (χ4v) is 11.1. The van der Waals surface area contributed by atoms with E-state index < -0.39 is 19.8 Å². The molecule has 0 unspecified atom stereocenters. The van der Waals surface area contributed by atoms with E-state index in [1.165, 1.54) is 38.5 Å². The third kappa shape index (κ3) is 11.4. The minimum Gasteiger partial charge on any atom is 0 e. The molecule has 0 spiro atoms. The molecule has 2 heteroatoms. The van der Waals surface area contributed by atoms with Crippen molar-refractivity contribution in [3.63, 3.8) is 0 Å². The average Bonchev–Trinajstić information content (AvgIpc) is 2.17. The van der Waals surface area contributed by atoms with Gasteiger partial charge in [0.1, 0.15) is 0 Å². The van der Waals surface area contributed by atoms with Crippen molar-refractivity contribution >= 4 is 19.8 Å². The Balaban J connectivity index is 0. The van der Waals surface area contributed by atoms with Gasteiger partial charge in [-0.1, -0.05) is 0 Å². The summed E-state index contributed by atoms with van der Waals surface area (Å²) in [5.74, 6) is 0. The average molecular weight is 354 g/mol.